The van der Waals surface area contributed by atoms with Crippen LogP contribution in [0.3, 0.4) is 0 Å². The number of nitrogens with one attached hydrogen (secondary N) is 1. The molecule has 1 aliphatic carbocycles. The molecule has 1 saturated carbocycles. The largest absolute Gasteiger partial charge is 0.317 e. The van der Waals surface area contributed by atoms with Gasteiger partial charge in [0, 0.05) is 0 Å². The second-order valence-corrected chi connectivity index (χ2v) is 5.45. The topological polar surface area (TPSA) is 12.0 Å². The highest BCUT2D eigenvalue weighted by atomic mass is 14.9. The van der Waals surface area contributed by atoms with Gasteiger partial charge in [-0.3, -0.25) is 0 Å². The minimum Gasteiger partial charge on any atom is -0.317 e. The van der Waals surface area contributed by atoms with Crippen molar-refractivity contribution < 1.29 is 0 Å². The molecule has 0 aromatic heterocycles. The van der Waals surface area contributed by atoms with Crippen molar-refractivity contribution in [2.45, 2.75) is 121 Å². The SMILES string of the molecule is C1CCNCC1.CC.CC.CC.CC.CC(C)C1CCCCC1. The normalized spacial score (nSPS) is 16.3. The molecule has 1 nitrogen and oxygen atoms in total. The van der Waals surface area contributed by atoms with E-state index < -0.39 is 0 Å². The molecule has 0 aromatic rings. The summed E-state index contributed by atoms with van der Waals surface area (Å²) in [6.07, 6.45) is 11.7. The van der Waals surface area contributed by atoms with Gasteiger partial charge in [-0.05, 0) is 37.8 Å². The Morgan fingerprint density at radius 1 is 0.565 bits per heavy atom. The molecule has 0 radical (unpaired) electrons. The average Bonchev–Trinajstić information content (AvgIpc) is 2.70. The third-order valence-corrected chi connectivity index (χ3v) is 3.80. The van der Waals surface area contributed by atoms with Crippen LogP contribution in [-0.4, -0.2) is 13.1 Å². The summed E-state index contributed by atoms with van der Waals surface area (Å²) >= 11 is 0. The zero-order valence-electron chi connectivity index (χ0n) is 18.7. The maximum absolute atomic E-state index is 3.28. The highest BCUT2D eigenvalue weighted by Crippen LogP contribution is 2.29. The molecule has 0 spiro atoms. The van der Waals surface area contributed by atoms with Gasteiger partial charge in [0.1, 0.15) is 0 Å². The van der Waals surface area contributed by atoms with E-state index in [1.807, 2.05) is 55.4 Å². The predicted octanol–water partition coefficient (Wildman–Crippen LogP) is 8.09. The second-order valence-electron chi connectivity index (χ2n) is 5.45. The zero-order chi connectivity index (χ0) is 18.9. The van der Waals surface area contributed by atoms with Gasteiger partial charge in [0.05, 0.1) is 0 Å². The number of rotatable bonds is 1. The van der Waals surface area contributed by atoms with Crippen LogP contribution >= 0.6 is 0 Å². The van der Waals surface area contributed by atoms with Crippen LogP contribution in [0, 0.1) is 11.8 Å². The van der Waals surface area contributed by atoms with Crippen LogP contribution in [0.1, 0.15) is 121 Å². The molecule has 0 amide bonds. The lowest BCUT2D eigenvalue weighted by Gasteiger charge is -2.24. The third kappa shape index (κ3) is 27.1. The van der Waals surface area contributed by atoms with Gasteiger partial charge in [0.2, 0.25) is 0 Å². The molecule has 0 atom stereocenters. The van der Waals surface area contributed by atoms with Gasteiger partial charge in [-0.25, -0.2) is 0 Å². The van der Waals surface area contributed by atoms with Crippen molar-refractivity contribution in [2.75, 3.05) is 13.1 Å². The van der Waals surface area contributed by atoms with Gasteiger partial charge < -0.3 is 5.32 Å². The van der Waals surface area contributed by atoms with Gasteiger partial charge in [-0.15, -0.1) is 0 Å². The Bertz CT molecular complexity index is 121. The van der Waals surface area contributed by atoms with Crippen molar-refractivity contribution >= 4 is 0 Å². The van der Waals surface area contributed by atoms with E-state index in [1.165, 1.54) is 64.5 Å². The molecule has 2 fully saturated rings. The summed E-state index contributed by atoms with van der Waals surface area (Å²) in [4.78, 5) is 0. The summed E-state index contributed by atoms with van der Waals surface area (Å²) in [6, 6.07) is 0. The molecule has 1 saturated heterocycles. The Morgan fingerprint density at radius 2 is 0.913 bits per heavy atom. The molecule has 0 bridgehead atoms. The Hall–Kier alpha value is -0.0400. The monoisotopic (exact) mass is 331 g/mol. The predicted molar refractivity (Wildman–Crippen MR) is 114 cm³/mol. The number of hydrogen-bond acceptors (Lipinski definition) is 1. The van der Waals surface area contributed by atoms with E-state index in [1.54, 1.807) is 0 Å². The first-order valence-corrected chi connectivity index (χ1v) is 11.0. The summed E-state index contributed by atoms with van der Waals surface area (Å²) in [7, 11) is 0. The molecule has 2 rings (SSSR count). The molecule has 2 aliphatic rings. The highest BCUT2D eigenvalue weighted by molar-refractivity contribution is 4.67. The lowest BCUT2D eigenvalue weighted by Crippen LogP contribution is -2.21. The molecule has 1 heterocycles. The van der Waals surface area contributed by atoms with E-state index in [0.29, 0.717) is 0 Å². The van der Waals surface area contributed by atoms with Crippen molar-refractivity contribution in [3.63, 3.8) is 0 Å². The Labute approximate surface area is 151 Å². The van der Waals surface area contributed by atoms with E-state index in [0.717, 1.165) is 11.8 Å². The van der Waals surface area contributed by atoms with Gasteiger partial charge in [0.15, 0.2) is 0 Å². The van der Waals surface area contributed by atoms with Crippen LogP contribution in [0.5, 0.6) is 0 Å². The van der Waals surface area contributed by atoms with Crippen LogP contribution in [-0.2, 0) is 0 Å². The van der Waals surface area contributed by atoms with Gasteiger partial charge in [0.25, 0.3) is 0 Å². The quantitative estimate of drug-likeness (QED) is 0.512. The molecule has 1 N–H and O–H groups in total. The maximum atomic E-state index is 3.28. The van der Waals surface area contributed by atoms with Gasteiger partial charge in [-0.1, -0.05) is 108 Å². The molecule has 1 aliphatic heterocycles. The first-order chi connectivity index (χ1) is 11.3. The highest BCUT2D eigenvalue weighted by Gasteiger charge is 2.15. The minimum atomic E-state index is 0.935. The van der Waals surface area contributed by atoms with Crippen LogP contribution in [0.25, 0.3) is 0 Å². The smallest absolute Gasteiger partial charge is 0.00489 e. The summed E-state index contributed by atoms with van der Waals surface area (Å²) in [5.41, 5.74) is 0. The van der Waals surface area contributed by atoms with Crippen molar-refractivity contribution in [3.05, 3.63) is 0 Å². The molecular formula is C22H53N. The summed E-state index contributed by atoms with van der Waals surface area (Å²) in [5.74, 6) is 1.99. The first-order valence-electron chi connectivity index (χ1n) is 11.0. The fourth-order valence-corrected chi connectivity index (χ4v) is 2.60. The maximum Gasteiger partial charge on any atom is -0.00489 e. The van der Waals surface area contributed by atoms with Crippen molar-refractivity contribution in [1.82, 2.24) is 5.32 Å². The molecule has 23 heavy (non-hydrogen) atoms. The first kappa shape index (κ1) is 30.8. The number of piperidine rings is 1. The van der Waals surface area contributed by atoms with Gasteiger partial charge >= 0.3 is 0 Å². The fourth-order valence-electron chi connectivity index (χ4n) is 2.60. The molecule has 1 heteroatoms. The van der Waals surface area contributed by atoms with E-state index in [9.17, 15) is 0 Å². The fraction of sp³-hybridized carbons (Fsp3) is 1.00. The van der Waals surface area contributed by atoms with Crippen LogP contribution in [0.15, 0.2) is 0 Å². The van der Waals surface area contributed by atoms with E-state index in [4.69, 9.17) is 0 Å². The zero-order valence-corrected chi connectivity index (χ0v) is 18.7. The summed E-state index contributed by atoms with van der Waals surface area (Å²) in [6.45, 7) is 23.2. The van der Waals surface area contributed by atoms with E-state index in [2.05, 4.69) is 19.2 Å². The standard InChI is InChI=1S/C9H18.C5H11N.4C2H6/c1-8(2)9-6-4-3-5-7-9;1-2-4-6-5-3-1;4*1-2/h8-9H,3-7H2,1-2H3;6H,1-5H2;4*1-2H3. The van der Waals surface area contributed by atoms with Crippen LogP contribution < -0.4 is 5.32 Å². The van der Waals surface area contributed by atoms with Crippen LogP contribution in [0.4, 0.5) is 0 Å². The second kappa shape index (κ2) is 33.5. The lowest BCUT2D eigenvalue weighted by molar-refractivity contribution is 0.279. The Kier molecular flexibility index (Phi) is 44.9. The summed E-state index contributed by atoms with van der Waals surface area (Å²) in [5, 5.41) is 3.28. The molecule has 0 unspecified atom stereocenters. The number of hydrogen-bond donors (Lipinski definition) is 1. The lowest BCUT2D eigenvalue weighted by atomic mass is 9.82. The van der Waals surface area contributed by atoms with Crippen molar-refractivity contribution in [1.29, 1.82) is 0 Å². The van der Waals surface area contributed by atoms with Crippen LogP contribution in [0.2, 0.25) is 0 Å². The van der Waals surface area contributed by atoms with Crippen molar-refractivity contribution in [2.24, 2.45) is 11.8 Å². The van der Waals surface area contributed by atoms with Gasteiger partial charge in [-0.2, -0.15) is 0 Å². The average molecular weight is 332 g/mol. The molecule has 146 valence electrons. The molecule has 0 aromatic carbocycles. The Morgan fingerprint density at radius 3 is 1.09 bits per heavy atom. The Balaban J connectivity index is -0.000000113. The minimum absolute atomic E-state index is 0.935. The summed E-state index contributed by atoms with van der Waals surface area (Å²) < 4.78 is 0. The molecular weight excluding hydrogens is 278 g/mol. The third-order valence-electron chi connectivity index (χ3n) is 3.80. The van der Waals surface area contributed by atoms with E-state index in [-0.39, 0.29) is 0 Å². The van der Waals surface area contributed by atoms with E-state index >= 15 is 0 Å². The van der Waals surface area contributed by atoms with Crippen molar-refractivity contribution in [3.8, 4) is 0 Å².